The predicted molar refractivity (Wildman–Crippen MR) is 87.5 cm³/mol. The first-order valence-electron chi connectivity index (χ1n) is 6.91. The van der Waals surface area contributed by atoms with E-state index in [1.165, 1.54) is 25.1 Å². The van der Waals surface area contributed by atoms with Crippen LogP contribution in [0.5, 0.6) is 0 Å². The van der Waals surface area contributed by atoms with Crippen molar-refractivity contribution in [2.45, 2.75) is 20.8 Å². The Balaban J connectivity index is 3.06. The summed E-state index contributed by atoms with van der Waals surface area (Å²) in [5, 5.41) is 13.5. The van der Waals surface area contributed by atoms with E-state index in [1.807, 2.05) is 0 Å². The third-order valence-corrected chi connectivity index (χ3v) is 2.79. The topological polar surface area (TPSA) is 137 Å². The molecule has 0 spiro atoms. The Morgan fingerprint density at radius 3 is 2.46 bits per heavy atom. The number of nitrogens with zero attached hydrogens (tertiary/aromatic N) is 2. The summed E-state index contributed by atoms with van der Waals surface area (Å²) in [6, 6.07) is 5.94. The summed E-state index contributed by atoms with van der Waals surface area (Å²) < 4.78 is 4.59. The van der Waals surface area contributed by atoms with Gasteiger partial charge in [0.1, 0.15) is 5.69 Å². The first-order chi connectivity index (χ1) is 11.2. The summed E-state index contributed by atoms with van der Waals surface area (Å²) in [6.45, 7) is 3.80. The lowest BCUT2D eigenvalue weighted by molar-refractivity contribution is -0.384. The molecule has 0 aliphatic heterocycles. The third kappa shape index (κ3) is 5.52. The van der Waals surface area contributed by atoms with Crippen molar-refractivity contribution >= 4 is 29.0 Å². The average Bonchev–Trinajstić information content (AvgIpc) is 2.50. The van der Waals surface area contributed by atoms with E-state index in [0.717, 1.165) is 0 Å². The van der Waals surface area contributed by atoms with Gasteiger partial charge in [-0.05, 0) is 19.9 Å². The van der Waals surface area contributed by atoms with Gasteiger partial charge in [0.2, 0.25) is 0 Å². The number of nitro groups is 1. The van der Waals surface area contributed by atoms with Crippen molar-refractivity contribution in [3.8, 4) is 0 Å². The van der Waals surface area contributed by atoms with Crippen molar-refractivity contribution in [3.05, 3.63) is 45.8 Å². The molecule has 0 saturated carbocycles. The molecule has 9 heteroatoms. The number of carbonyl (C=O) groups excluding carboxylic acids is 2. The van der Waals surface area contributed by atoms with Crippen molar-refractivity contribution in [1.82, 2.24) is 5.32 Å². The number of nitrogens with one attached hydrogen (secondary N) is 1. The highest BCUT2D eigenvalue weighted by Crippen LogP contribution is 2.27. The first-order valence-corrected chi connectivity index (χ1v) is 6.91. The molecule has 0 aliphatic rings. The van der Waals surface area contributed by atoms with Crippen LogP contribution in [-0.2, 0) is 14.3 Å². The van der Waals surface area contributed by atoms with Gasteiger partial charge in [-0.1, -0.05) is 12.1 Å². The minimum Gasteiger partial charge on any atom is -0.456 e. The molecule has 0 atom stereocenters. The number of amides is 1. The van der Waals surface area contributed by atoms with Crippen LogP contribution >= 0.6 is 0 Å². The van der Waals surface area contributed by atoms with E-state index in [0.29, 0.717) is 0 Å². The molecular weight excluding hydrogens is 316 g/mol. The summed E-state index contributed by atoms with van der Waals surface area (Å²) in [6.07, 6.45) is 0. The zero-order valence-electron chi connectivity index (χ0n) is 13.5. The van der Waals surface area contributed by atoms with Crippen LogP contribution in [-0.4, -0.2) is 29.1 Å². The highest BCUT2D eigenvalue weighted by atomic mass is 16.6. The van der Waals surface area contributed by atoms with Gasteiger partial charge in [0.05, 0.1) is 16.3 Å². The molecule has 0 bridgehead atoms. The van der Waals surface area contributed by atoms with Crippen LogP contribution in [0.4, 0.5) is 11.4 Å². The summed E-state index contributed by atoms with van der Waals surface area (Å²) in [4.78, 5) is 37.1. The molecule has 1 aromatic carbocycles. The monoisotopic (exact) mass is 334 g/mol. The van der Waals surface area contributed by atoms with Gasteiger partial charge >= 0.3 is 5.97 Å². The SMILES string of the molecule is CC(=O)OCC(=O)NC(C(C)=Nc1ccccc1[N+](=O)[O-])=C(C)N. The number of nitro benzene ring substituents is 1. The smallest absolute Gasteiger partial charge is 0.303 e. The molecule has 0 heterocycles. The number of esters is 1. The number of ether oxygens (including phenoxy) is 1. The van der Waals surface area contributed by atoms with Crippen LogP contribution < -0.4 is 11.1 Å². The fraction of sp³-hybridized carbons (Fsp3) is 0.267. The molecule has 0 radical (unpaired) electrons. The number of para-hydroxylation sites is 2. The van der Waals surface area contributed by atoms with E-state index >= 15 is 0 Å². The highest BCUT2D eigenvalue weighted by molar-refractivity contribution is 6.03. The van der Waals surface area contributed by atoms with E-state index < -0.39 is 23.4 Å². The Morgan fingerprint density at radius 1 is 1.29 bits per heavy atom. The normalized spacial score (nSPS) is 12.2. The molecule has 3 N–H and O–H groups in total. The number of aliphatic imine (C=N–C) groups is 1. The number of carbonyl (C=O) groups is 2. The lowest BCUT2D eigenvalue weighted by atomic mass is 10.2. The van der Waals surface area contributed by atoms with Crippen LogP contribution in [0.2, 0.25) is 0 Å². The molecule has 128 valence electrons. The quantitative estimate of drug-likeness (QED) is 0.350. The minimum absolute atomic E-state index is 0.132. The fourth-order valence-corrected chi connectivity index (χ4v) is 1.77. The molecule has 0 unspecified atom stereocenters. The van der Waals surface area contributed by atoms with E-state index in [-0.39, 0.29) is 28.5 Å². The number of hydrogen-bond donors (Lipinski definition) is 2. The molecule has 1 amide bonds. The van der Waals surface area contributed by atoms with Crippen molar-refractivity contribution in [2.75, 3.05) is 6.61 Å². The van der Waals surface area contributed by atoms with Crippen molar-refractivity contribution in [1.29, 1.82) is 0 Å². The molecule has 9 nitrogen and oxygen atoms in total. The summed E-state index contributed by atoms with van der Waals surface area (Å²) in [5.74, 6) is -1.19. The van der Waals surface area contributed by atoms with E-state index in [4.69, 9.17) is 5.73 Å². The number of hydrogen-bond acceptors (Lipinski definition) is 7. The molecule has 0 aliphatic carbocycles. The zero-order valence-corrected chi connectivity index (χ0v) is 13.5. The molecule has 0 aromatic heterocycles. The summed E-state index contributed by atoms with van der Waals surface area (Å²) in [5.41, 5.74) is 6.43. The van der Waals surface area contributed by atoms with Gasteiger partial charge < -0.3 is 15.8 Å². The Morgan fingerprint density at radius 2 is 1.92 bits per heavy atom. The van der Waals surface area contributed by atoms with E-state index in [2.05, 4.69) is 15.0 Å². The third-order valence-electron chi connectivity index (χ3n) is 2.79. The summed E-state index contributed by atoms with van der Waals surface area (Å²) in [7, 11) is 0. The molecule has 24 heavy (non-hydrogen) atoms. The summed E-state index contributed by atoms with van der Waals surface area (Å²) >= 11 is 0. The van der Waals surface area contributed by atoms with Crippen LogP contribution in [0, 0.1) is 10.1 Å². The fourth-order valence-electron chi connectivity index (χ4n) is 1.77. The van der Waals surface area contributed by atoms with Crippen molar-refractivity contribution < 1.29 is 19.2 Å². The van der Waals surface area contributed by atoms with E-state index in [9.17, 15) is 19.7 Å². The predicted octanol–water partition coefficient (Wildman–Crippen LogP) is 1.56. The van der Waals surface area contributed by atoms with Crippen molar-refractivity contribution in [3.63, 3.8) is 0 Å². The second-order valence-electron chi connectivity index (χ2n) is 4.83. The molecule has 1 rings (SSSR count). The molecular formula is C15H18N4O5. The number of benzene rings is 1. The molecule has 1 aromatic rings. The maximum Gasteiger partial charge on any atom is 0.303 e. The van der Waals surface area contributed by atoms with Gasteiger partial charge in [0.25, 0.3) is 11.6 Å². The largest absolute Gasteiger partial charge is 0.456 e. The second kappa shape index (κ2) is 8.42. The Kier molecular flexibility index (Phi) is 6.60. The van der Waals surface area contributed by atoms with Crippen molar-refractivity contribution in [2.24, 2.45) is 10.7 Å². The van der Waals surface area contributed by atoms with Gasteiger partial charge in [-0.3, -0.25) is 19.7 Å². The lowest BCUT2D eigenvalue weighted by Crippen LogP contribution is -2.32. The zero-order chi connectivity index (χ0) is 18.3. The van der Waals surface area contributed by atoms with Crippen LogP contribution in [0.3, 0.4) is 0 Å². The maximum absolute atomic E-state index is 11.8. The number of allylic oxidation sites excluding steroid dienone is 2. The Labute approximate surface area is 138 Å². The average molecular weight is 334 g/mol. The highest BCUT2D eigenvalue weighted by Gasteiger charge is 2.15. The number of rotatable bonds is 6. The number of nitrogens with two attached hydrogens (primary N) is 1. The van der Waals surface area contributed by atoms with Gasteiger partial charge in [0.15, 0.2) is 6.61 Å². The van der Waals surface area contributed by atoms with Crippen LogP contribution in [0.1, 0.15) is 20.8 Å². The standard InChI is InChI=1S/C15H18N4O5/c1-9(16)15(18-14(21)8-24-11(3)20)10(2)17-12-6-4-5-7-13(12)19(22)23/h4-7H,8,16H2,1-3H3,(H,18,21). The first kappa shape index (κ1) is 18.8. The van der Waals surface area contributed by atoms with Gasteiger partial charge in [0, 0.05) is 18.7 Å². The van der Waals surface area contributed by atoms with E-state index in [1.54, 1.807) is 19.9 Å². The van der Waals surface area contributed by atoms with Gasteiger partial charge in [-0.15, -0.1) is 0 Å². The van der Waals surface area contributed by atoms with Crippen LogP contribution in [0.25, 0.3) is 0 Å². The second-order valence-corrected chi connectivity index (χ2v) is 4.83. The van der Waals surface area contributed by atoms with Gasteiger partial charge in [-0.25, -0.2) is 4.99 Å². The molecule has 0 saturated heterocycles. The Hall–Kier alpha value is -3.23. The van der Waals surface area contributed by atoms with Gasteiger partial charge in [-0.2, -0.15) is 0 Å². The minimum atomic E-state index is -0.595. The molecule has 0 fully saturated rings. The lowest BCUT2D eigenvalue weighted by Gasteiger charge is -2.12. The Bertz CT molecular complexity index is 720. The maximum atomic E-state index is 11.8. The van der Waals surface area contributed by atoms with Crippen LogP contribution in [0.15, 0.2) is 40.7 Å².